The zero-order chi connectivity index (χ0) is 25.9. The Hall–Kier alpha value is -5.53. The molecule has 0 amide bonds. The van der Waals surface area contributed by atoms with Crippen LogP contribution in [0.2, 0.25) is 0 Å². The molecule has 0 unspecified atom stereocenters. The van der Waals surface area contributed by atoms with Crippen LogP contribution in [-0.2, 0) is 0 Å². The lowest BCUT2D eigenvalue weighted by molar-refractivity contribution is 0.0928. The normalized spacial score (nSPS) is 12.4. The standard InChI is InChI=1S/C30H18N4O3/c31-14-21(29(36)23-16-33-25-12-6-4-10-19(23)25)27(28(35)18-8-2-1-3-9-18)22(15-32)30(37)24-17-34-26-13-7-5-11-20(24)26/h1-13,16-17,21,33-34H/b27-22+/t21-/m1/s1. The van der Waals surface area contributed by atoms with Crippen molar-refractivity contribution >= 4 is 39.2 Å². The summed E-state index contributed by atoms with van der Waals surface area (Å²) < 4.78 is 0. The average molecular weight is 482 g/mol. The molecule has 2 aromatic heterocycles. The maximum absolute atomic E-state index is 13.7. The smallest absolute Gasteiger partial charge is 0.206 e. The number of para-hydroxylation sites is 2. The van der Waals surface area contributed by atoms with Gasteiger partial charge in [0.05, 0.1) is 6.07 Å². The molecular weight excluding hydrogens is 464 g/mol. The number of benzene rings is 3. The molecule has 7 heteroatoms. The van der Waals surface area contributed by atoms with Crippen molar-refractivity contribution in [1.29, 1.82) is 10.5 Å². The third-order valence-corrected chi connectivity index (χ3v) is 6.26. The van der Waals surface area contributed by atoms with E-state index in [2.05, 4.69) is 9.97 Å². The molecule has 2 N–H and O–H groups in total. The molecule has 5 rings (SSSR count). The molecule has 0 bridgehead atoms. The largest absolute Gasteiger partial charge is 0.360 e. The lowest BCUT2D eigenvalue weighted by Gasteiger charge is -2.14. The number of carbonyl (C=O) groups is 3. The number of nitriles is 2. The van der Waals surface area contributed by atoms with Crippen molar-refractivity contribution in [2.24, 2.45) is 5.92 Å². The highest BCUT2D eigenvalue weighted by molar-refractivity contribution is 6.26. The topological polar surface area (TPSA) is 130 Å². The third kappa shape index (κ3) is 4.01. The molecule has 0 radical (unpaired) electrons. The molecule has 37 heavy (non-hydrogen) atoms. The number of Topliss-reactive ketones (excluding diaryl/α,β-unsaturated/α-hetero) is 3. The van der Waals surface area contributed by atoms with Crippen molar-refractivity contribution in [3.63, 3.8) is 0 Å². The van der Waals surface area contributed by atoms with Gasteiger partial charge in [-0.05, 0) is 12.1 Å². The molecule has 0 aliphatic heterocycles. The summed E-state index contributed by atoms with van der Waals surface area (Å²) in [7, 11) is 0. The molecule has 0 saturated heterocycles. The predicted octanol–water partition coefficient (Wildman–Crippen LogP) is 5.56. The van der Waals surface area contributed by atoms with Crippen LogP contribution < -0.4 is 0 Å². The van der Waals surface area contributed by atoms with Crippen LogP contribution in [0.4, 0.5) is 0 Å². The van der Waals surface area contributed by atoms with Gasteiger partial charge in [0.1, 0.15) is 17.6 Å². The number of aromatic amines is 2. The van der Waals surface area contributed by atoms with Gasteiger partial charge in [0, 0.05) is 56.5 Å². The van der Waals surface area contributed by atoms with E-state index in [1.54, 1.807) is 66.7 Å². The van der Waals surface area contributed by atoms with Gasteiger partial charge in [-0.25, -0.2) is 0 Å². The minimum absolute atomic E-state index is 0.156. The van der Waals surface area contributed by atoms with Gasteiger partial charge in [0.25, 0.3) is 0 Å². The molecular formula is C30H18N4O3. The number of hydrogen-bond acceptors (Lipinski definition) is 5. The number of carbonyl (C=O) groups excluding carboxylic acids is 3. The first-order valence-corrected chi connectivity index (χ1v) is 11.4. The molecule has 3 aromatic carbocycles. The summed E-state index contributed by atoms with van der Waals surface area (Å²) in [5, 5.41) is 21.4. The van der Waals surface area contributed by atoms with Crippen molar-refractivity contribution in [2.75, 3.05) is 0 Å². The predicted molar refractivity (Wildman–Crippen MR) is 138 cm³/mol. The molecule has 176 valence electrons. The fourth-order valence-electron chi connectivity index (χ4n) is 4.45. The number of H-pyrrole nitrogens is 2. The number of fused-ring (bicyclic) bond motifs is 2. The summed E-state index contributed by atoms with van der Waals surface area (Å²) in [6, 6.07) is 25.8. The first-order valence-electron chi connectivity index (χ1n) is 11.4. The second-order valence-corrected chi connectivity index (χ2v) is 8.35. The summed E-state index contributed by atoms with van der Waals surface area (Å²) in [5.41, 5.74) is 0.881. The Morgan fingerprint density at radius 2 is 1.22 bits per heavy atom. The van der Waals surface area contributed by atoms with Gasteiger partial charge in [-0.1, -0.05) is 66.7 Å². The highest BCUT2D eigenvalue weighted by atomic mass is 16.1. The molecule has 2 heterocycles. The van der Waals surface area contributed by atoms with E-state index in [4.69, 9.17) is 0 Å². The Balaban J connectivity index is 1.72. The van der Waals surface area contributed by atoms with Crippen molar-refractivity contribution in [3.05, 3.63) is 119 Å². The number of nitrogens with zero attached hydrogens (tertiary/aromatic N) is 2. The zero-order valence-corrected chi connectivity index (χ0v) is 19.4. The number of hydrogen-bond donors (Lipinski definition) is 2. The summed E-state index contributed by atoms with van der Waals surface area (Å²) in [4.78, 5) is 47.1. The first kappa shape index (κ1) is 23.2. The Bertz CT molecular complexity index is 1810. The summed E-state index contributed by atoms with van der Waals surface area (Å²) in [5.74, 6) is -3.84. The molecule has 0 saturated carbocycles. The third-order valence-electron chi connectivity index (χ3n) is 6.26. The maximum Gasteiger partial charge on any atom is 0.206 e. The number of ketones is 3. The molecule has 5 aromatic rings. The molecule has 0 fully saturated rings. The van der Waals surface area contributed by atoms with Crippen LogP contribution in [0.1, 0.15) is 31.1 Å². The van der Waals surface area contributed by atoms with Gasteiger partial charge in [0.2, 0.25) is 5.78 Å². The van der Waals surface area contributed by atoms with Crippen molar-refractivity contribution in [3.8, 4) is 12.1 Å². The second kappa shape index (κ2) is 9.61. The molecule has 0 spiro atoms. The van der Waals surface area contributed by atoms with Gasteiger partial charge in [0.15, 0.2) is 11.6 Å². The van der Waals surface area contributed by atoms with Gasteiger partial charge < -0.3 is 9.97 Å². The Labute approximate surface area is 211 Å². The van der Waals surface area contributed by atoms with E-state index in [0.717, 1.165) is 0 Å². The molecule has 1 atom stereocenters. The summed E-state index contributed by atoms with van der Waals surface area (Å²) in [6.07, 6.45) is 2.92. The van der Waals surface area contributed by atoms with Crippen LogP contribution >= 0.6 is 0 Å². The summed E-state index contributed by atoms with van der Waals surface area (Å²) >= 11 is 0. The fourth-order valence-corrected chi connectivity index (χ4v) is 4.45. The van der Waals surface area contributed by atoms with Crippen LogP contribution in [0.25, 0.3) is 21.8 Å². The highest BCUT2D eigenvalue weighted by Gasteiger charge is 2.36. The lowest BCUT2D eigenvalue weighted by Crippen LogP contribution is -2.24. The van der Waals surface area contributed by atoms with E-state index in [1.807, 2.05) is 12.1 Å². The second-order valence-electron chi connectivity index (χ2n) is 8.35. The zero-order valence-electron chi connectivity index (χ0n) is 19.4. The van der Waals surface area contributed by atoms with E-state index >= 15 is 0 Å². The monoisotopic (exact) mass is 482 g/mol. The summed E-state index contributed by atoms with van der Waals surface area (Å²) in [6.45, 7) is 0. The van der Waals surface area contributed by atoms with Gasteiger partial charge in [-0.2, -0.15) is 10.5 Å². The van der Waals surface area contributed by atoms with Crippen molar-refractivity contribution < 1.29 is 14.4 Å². The van der Waals surface area contributed by atoms with E-state index in [1.165, 1.54) is 24.5 Å². The van der Waals surface area contributed by atoms with Crippen molar-refractivity contribution in [1.82, 2.24) is 9.97 Å². The first-order chi connectivity index (χ1) is 18.0. The fraction of sp³-hybridized carbons (Fsp3) is 0.0333. The van der Waals surface area contributed by atoms with Crippen LogP contribution in [0.5, 0.6) is 0 Å². The number of nitrogens with one attached hydrogen (secondary N) is 2. The van der Waals surface area contributed by atoms with E-state index in [-0.39, 0.29) is 16.7 Å². The highest BCUT2D eigenvalue weighted by Crippen LogP contribution is 2.30. The average Bonchev–Trinajstić information content (AvgIpc) is 3.57. The van der Waals surface area contributed by atoms with Gasteiger partial charge in [-0.15, -0.1) is 0 Å². The van der Waals surface area contributed by atoms with E-state index in [9.17, 15) is 24.9 Å². The minimum atomic E-state index is -1.68. The molecule has 0 aliphatic rings. The number of aromatic nitrogens is 2. The van der Waals surface area contributed by atoms with E-state index < -0.39 is 34.4 Å². The minimum Gasteiger partial charge on any atom is -0.360 e. The van der Waals surface area contributed by atoms with Crippen LogP contribution in [0.15, 0.2) is 102 Å². The quantitative estimate of drug-likeness (QED) is 0.178. The Morgan fingerprint density at radius 1 is 0.676 bits per heavy atom. The SMILES string of the molecule is N#C/C(C(=O)c1c[nH]c2ccccc12)=C(\C(=O)c1ccccc1)[C@@H](C#N)C(=O)c1c[nH]c2ccccc12. The Morgan fingerprint density at radius 3 is 1.81 bits per heavy atom. The number of rotatable bonds is 7. The molecule has 0 aliphatic carbocycles. The van der Waals surface area contributed by atoms with Crippen LogP contribution in [0, 0.1) is 28.6 Å². The van der Waals surface area contributed by atoms with Crippen LogP contribution in [-0.4, -0.2) is 27.3 Å². The Kier molecular flexibility index (Phi) is 6.03. The van der Waals surface area contributed by atoms with Gasteiger partial charge >= 0.3 is 0 Å². The van der Waals surface area contributed by atoms with E-state index in [0.29, 0.717) is 21.8 Å². The molecule has 7 nitrogen and oxygen atoms in total. The van der Waals surface area contributed by atoms with Crippen molar-refractivity contribution in [2.45, 2.75) is 0 Å². The van der Waals surface area contributed by atoms with Gasteiger partial charge in [-0.3, -0.25) is 14.4 Å². The van der Waals surface area contributed by atoms with Crippen LogP contribution in [0.3, 0.4) is 0 Å². The maximum atomic E-state index is 13.7. The number of allylic oxidation sites excluding steroid dienone is 2. The lowest BCUT2D eigenvalue weighted by atomic mass is 9.82.